The van der Waals surface area contributed by atoms with E-state index in [4.69, 9.17) is 0 Å². The van der Waals surface area contributed by atoms with Crippen LogP contribution in [-0.2, 0) is 0 Å². The molecule has 0 saturated heterocycles. The van der Waals surface area contributed by atoms with Crippen LogP contribution in [0.3, 0.4) is 0 Å². The van der Waals surface area contributed by atoms with Crippen LogP contribution in [0.2, 0.25) is 0 Å². The zero-order valence-corrected chi connectivity index (χ0v) is 12.8. The first kappa shape index (κ1) is 15.4. The third-order valence-corrected chi connectivity index (χ3v) is 4.94. The molecule has 1 aliphatic rings. The van der Waals surface area contributed by atoms with Gasteiger partial charge in [0.25, 0.3) is 0 Å². The molecule has 0 heterocycles. The van der Waals surface area contributed by atoms with Crippen molar-refractivity contribution in [2.75, 3.05) is 18.1 Å². The highest BCUT2D eigenvalue weighted by atomic mass is 32.2. The summed E-state index contributed by atoms with van der Waals surface area (Å²) >= 11 is 2.16. The van der Waals surface area contributed by atoms with Crippen molar-refractivity contribution in [2.24, 2.45) is 11.8 Å². The van der Waals surface area contributed by atoms with E-state index in [-0.39, 0.29) is 0 Å². The third kappa shape index (κ3) is 6.71. The van der Waals surface area contributed by atoms with E-state index < -0.39 is 0 Å². The van der Waals surface area contributed by atoms with Crippen molar-refractivity contribution in [2.45, 2.75) is 65.3 Å². The van der Waals surface area contributed by atoms with Crippen LogP contribution in [0.4, 0.5) is 0 Å². The highest BCUT2D eigenvalue weighted by Gasteiger charge is 2.22. The predicted octanol–water partition coefficient (Wildman–Crippen LogP) is 4.32. The van der Waals surface area contributed by atoms with Gasteiger partial charge in [-0.1, -0.05) is 40.0 Å². The van der Waals surface area contributed by atoms with Crippen molar-refractivity contribution in [3.63, 3.8) is 0 Å². The van der Waals surface area contributed by atoms with Crippen LogP contribution < -0.4 is 5.32 Å². The maximum Gasteiger partial charge on any atom is 0.0186 e. The lowest BCUT2D eigenvalue weighted by atomic mass is 9.84. The van der Waals surface area contributed by atoms with Gasteiger partial charge in [-0.2, -0.15) is 11.8 Å². The molecular weight excluding hydrogens is 226 g/mol. The van der Waals surface area contributed by atoms with Crippen molar-refractivity contribution < 1.29 is 0 Å². The lowest BCUT2D eigenvalue weighted by Crippen LogP contribution is -2.39. The van der Waals surface area contributed by atoms with Gasteiger partial charge in [0.2, 0.25) is 0 Å². The summed E-state index contributed by atoms with van der Waals surface area (Å²) in [6.07, 6.45) is 8.68. The average Bonchev–Trinajstić information content (AvgIpc) is 2.34. The number of hydrogen-bond donors (Lipinski definition) is 1. The predicted molar refractivity (Wildman–Crippen MR) is 80.8 cm³/mol. The molecule has 0 aromatic rings. The molecule has 1 unspecified atom stereocenters. The SMILES string of the molecule is CCNC(CSCCC(C)C)C1CCCCC1. The van der Waals surface area contributed by atoms with Crippen LogP contribution in [0.1, 0.15) is 59.3 Å². The average molecular weight is 257 g/mol. The minimum atomic E-state index is 0.775. The Morgan fingerprint density at radius 1 is 1.18 bits per heavy atom. The van der Waals surface area contributed by atoms with E-state index in [0.717, 1.165) is 24.4 Å². The Balaban J connectivity index is 2.21. The van der Waals surface area contributed by atoms with E-state index in [0.29, 0.717) is 0 Å². The van der Waals surface area contributed by atoms with Crippen molar-refractivity contribution >= 4 is 11.8 Å². The first-order chi connectivity index (χ1) is 8.24. The Hall–Kier alpha value is 0.310. The molecule has 0 aliphatic heterocycles. The molecule has 1 N–H and O–H groups in total. The first-order valence-corrected chi connectivity index (χ1v) is 8.70. The van der Waals surface area contributed by atoms with Gasteiger partial charge in [-0.05, 0) is 43.4 Å². The molecule has 1 rings (SSSR count). The second-order valence-electron chi connectivity index (χ2n) is 5.82. The van der Waals surface area contributed by atoms with E-state index in [1.54, 1.807) is 0 Å². The second-order valence-corrected chi connectivity index (χ2v) is 6.97. The molecule has 0 bridgehead atoms. The van der Waals surface area contributed by atoms with Crippen LogP contribution in [0.5, 0.6) is 0 Å². The van der Waals surface area contributed by atoms with Crippen molar-refractivity contribution in [3.8, 4) is 0 Å². The zero-order chi connectivity index (χ0) is 12.5. The molecular formula is C15H31NS. The minimum Gasteiger partial charge on any atom is -0.313 e. The van der Waals surface area contributed by atoms with Crippen LogP contribution in [0, 0.1) is 11.8 Å². The van der Waals surface area contributed by atoms with Crippen molar-refractivity contribution in [1.29, 1.82) is 0 Å². The van der Waals surface area contributed by atoms with Crippen LogP contribution in [0.15, 0.2) is 0 Å². The molecule has 1 aliphatic carbocycles. The normalized spacial score (nSPS) is 19.8. The number of rotatable bonds is 8. The molecule has 0 aromatic heterocycles. The quantitative estimate of drug-likeness (QED) is 0.650. The van der Waals surface area contributed by atoms with Gasteiger partial charge in [-0.15, -0.1) is 0 Å². The number of thioether (sulfide) groups is 1. The monoisotopic (exact) mass is 257 g/mol. The molecule has 1 atom stereocenters. The van der Waals surface area contributed by atoms with Crippen LogP contribution in [0.25, 0.3) is 0 Å². The van der Waals surface area contributed by atoms with Crippen LogP contribution in [-0.4, -0.2) is 24.1 Å². The lowest BCUT2D eigenvalue weighted by molar-refractivity contribution is 0.288. The number of nitrogens with one attached hydrogen (secondary N) is 1. The highest BCUT2D eigenvalue weighted by Crippen LogP contribution is 2.28. The fourth-order valence-electron chi connectivity index (χ4n) is 2.69. The van der Waals surface area contributed by atoms with Crippen molar-refractivity contribution in [1.82, 2.24) is 5.32 Å². The Morgan fingerprint density at radius 2 is 1.88 bits per heavy atom. The molecule has 2 heteroatoms. The molecule has 1 fully saturated rings. The summed E-state index contributed by atoms with van der Waals surface area (Å²) in [5, 5.41) is 3.72. The van der Waals surface area contributed by atoms with Gasteiger partial charge in [-0.3, -0.25) is 0 Å². The maximum absolute atomic E-state index is 3.72. The third-order valence-electron chi connectivity index (χ3n) is 3.82. The van der Waals surface area contributed by atoms with Gasteiger partial charge in [0.05, 0.1) is 0 Å². The smallest absolute Gasteiger partial charge is 0.0186 e. The Bertz CT molecular complexity index is 176. The summed E-state index contributed by atoms with van der Waals surface area (Å²) in [5.74, 6) is 4.47. The van der Waals surface area contributed by atoms with Gasteiger partial charge < -0.3 is 5.32 Å². The van der Waals surface area contributed by atoms with Gasteiger partial charge in [0.15, 0.2) is 0 Å². The summed E-state index contributed by atoms with van der Waals surface area (Å²) in [5.41, 5.74) is 0. The summed E-state index contributed by atoms with van der Waals surface area (Å²) in [6, 6.07) is 0.775. The standard InChI is InChI=1S/C15H31NS/c1-4-16-15(12-17-11-10-13(2)3)14-8-6-5-7-9-14/h13-16H,4-12H2,1-3H3. The van der Waals surface area contributed by atoms with Gasteiger partial charge in [0, 0.05) is 11.8 Å². The summed E-state index contributed by atoms with van der Waals surface area (Å²) < 4.78 is 0. The summed E-state index contributed by atoms with van der Waals surface area (Å²) in [7, 11) is 0. The molecule has 1 nitrogen and oxygen atoms in total. The molecule has 0 aromatic carbocycles. The second kappa shape index (κ2) is 9.27. The summed E-state index contributed by atoms with van der Waals surface area (Å²) in [4.78, 5) is 0. The zero-order valence-electron chi connectivity index (χ0n) is 12.0. The van der Waals surface area contributed by atoms with Gasteiger partial charge in [-0.25, -0.2) is 0 Å². The van der Waals surface area contributed by atoms with Crippen molar-refractivity contribution in [3.05, 3.63) is 0 Å². The highest BCUT2D eigenvalue weighted by molar-refractivity contribution is 7.99. The molecule has 0 amide bonds. The number of hydrogen-bond acceptors (Lipinski definition) is 2. The topological polar surface area (TPSA) is 12.0 Å². The summed E-state index contributed by atoms with van der Waals surface area (Å²) in [6.45, 7) is 8.02. The molecule has 17 heavy (non-hydrogen) atoms. The largest absolute Gasteiger partial charge is 0.313 e. The van der Waals surface area contributed by atoms with E-state index in [1.165, 1.54) is 50.0 Å². The Kier molecular flexibility index (Phi) is 8.38. The lowest BCUT2D eigenvalue weighted by Gasteiger charge is -2.30. The Morgan fingerprint density at radius 3 is 2.47 bits per heavy atom. The molecule has 1 saturated carbocycles. The van der Waals surface area contributed by atoms with Gasteiger partial charge >= 0.3 is 0 Å². The first-order valence-electron chi connectivity index (χ1n) is 7.55. The minimum absolute atomic E-state index is 0.775. The van der Waals surface area contributed by atoms with E-state index in [1.807, 2.05) is 0 Å². The molecule has 0 radical (unpaired) electrons. The molecule has 0 spiro atoms. The van der Waals surface area contributed by atoms with E-state index in [9.17, 15) is 0 Å². The van der Waals surface area contributed by atoms with Gasteiger partial charge in [0.1, 0.15) is 0 Å². The van der Waals surface area contributed by atoms with Crippen LogP contribution >= 0.6 is 11.8 Å². The fraction of sp³-hybridized carbons (Fsp3) is 1.00. The van der Waals surface area contributed by atoms with E-state index in [2.05, 4.69) is 37.8 Å². The van der Waals surface area contributed by atoms with E-state index >= 15 is 0 Å². The Labute approximate surface area is 113 Å². The maximum atomic E-state index is 3.72. The molecule has 102 valence electrons. The fourth-order valence-corrected chi connectivity index (χ4v) is 4.14.